The SMILES string of the molecule is CC(C)Sc1ccc(C2(O)CCCNC2)cc1. The second kappa shape index (κ2) is 5.42. The molecule has 17 heavy (non-hydrogen) atoms. The highest BCUT2D eigenvalue weighted by atomic mass is 32.2. The monoisotopic (exact) mass is 251 g/mol. The minimum absolute atomic E-state index is 0.597. The fourth-order valence-electron chi connectivity index (χ4n) is 2.25. The van der Waals surface area contributed by atoms with E-state index in [1.165, 1.54) is 4.90 Å². The van der Waals surface area contributed by atoms with Gasteiger partial charge < -0.3 is 10.4 Å². The predicted octanol–water partition coefficient (Wildman–Crippen LogP) is 2.76. The summed E-state index contributed by atoms with van der Waals surface area (Å²) in [4.78, 5) is 1.27. The summed E-state index contributed by atoms with van der Waals surface area (Å²) in [6.07, 6.45) is 1.90. The van der Waals surface area contributed by atoms with Crippen LogP contribution in [0.2, 0.25) is 0 Å². The number of aliphatic hydroxyl groups is 1. The zero-order chi connectivity index (χ0) is 12.3. The molecule has 1 unspecified atom stereocenters. The van der Waals surface area contributed by atoms with Crippen molar-refractivity contribution in [3.8, 4) is 0 Å². The Morgan fingerprint density at radius 3 is 2.53 bits per heavy atom. The van der Waals surface area contributed by atoms with Crippen molar-refractivity contribution >= 4 is 11.8 Å². The summed E-state index contributed by atoms with van der Waals surface area (Å²) in [7, 11) is 0. The van der Waals surface area contributed by atoms with Gasteiger partial charge in [-0.05, 0) is 37.1 Å². The lowest BCUT2D eigenvalue weighted by atomic mass is 9.87. The van der Waals surface area contributed by atoms with Crippen LogP contribution in [0.1, 0.15) is 32.3 Å². The fourth-order valence-corrected chi connectivity index (χ4v) is 3.09. The lowest BCUT2D eigenvalue weighted by Crippen LogP contribution is -2.43. The third kappa shape index (κ3) is 3.24. The van der Waals surface area contributed by atoms with Crippen molar-refractivity contribution in [1.29, 1.82) is 0 Å². The molecule has 2 N–H and O–H groups in total. The van der Waals surface area contributed by atoms with Crippen LogP contribution in [-0.4, -0.2) is 23.4 Å². The number of hydrogen-bond acceptors (Lipinski definition) is 3. The Morgan fingerprint density at radius 1 is 1.29 bits per heavy atom. The van der Waals surface area contributed by atoms with E-state index in [1.54, 1.807) is 0 Å². The van der Waals surface area contributed by atoms with Gasteiger partial charge in [0.1, 0.15) is 5.60 Å². The molecule has 0 spiro atoms. The molecular weight excluding hydrogens is 230 g/mol. The fraction of sp³-hybridized carbons (Fsp3) is 0.571. The average Bonchev–Trinajstić information content (AvgIpc) is 2.30. The zero-order valence-corrected chi connectivity index (χ0v) is 11.4. The molecule has 0 radical (unpaired) electrons. The van der Waals surface area contributed by atoms with Gasteiger partial charge in [0.15, 0.2) is 0 Å². The second-order valence-electron chi connectivity index (χ2n) is 5.00. The molecule has 1 aromatic carbocycles. The highest BCUT2D eigenvalue weighted by molar-refractivity contribution is 7.99. The summed E-state index contributed by atoms with van der Waals surface area (Å²) >= 11 is 1.86. The first-order valence-corrected chi connectivity index (χ1v) is 7.18. The van der Waals surface area contributed by atoms with Crippen LogP contribution in [-0.2, 0) is 5.60 Å². The quantitative estimate of drug-likeness (QED) is 0.810. The Kier molecular flexibility index (Phi) is 4.13. The molecule has 0 aliphatic carbocycles. The van der Waals surface area contributed by atoms with Crippen LogP contribution in [0.4, 0.5) is 0 Å². The van der Waals surface area contributed by atoms with Crippen molar-refractivity contribution < 1.29 is 5.11 Å². The number of β-amino-alcohol motifs (C(OH)–C–C–N with tert-alkyl or cyclic N) is 1. The lowest BCUT2D eigenvalue weighted by molar-refractivity contribution is 0.0123. The van der Waals surface area contributed by atoms with Crippen LogP contribution in [0.15, 0.2) is 29.2 Å². The van der Waals surface area contributed by atoms with Crippen LogP contribution in [0.3, 0.4) is 0 Å². The summed E-state index contributed by atoms with van der Waals surface area (Å²) < 4.78 is 0. The molecular formula is C14H21NOS. The molecule has 3 heteroatoms. The molecule has 94 valence electrons. The Balaban J connectivity index is 2.11. The number of piperidine rings is 1. The van der Waals surface area contributed by atoms with Gasteiger partial charge in [0, 0.05) is 16.7 Å². The molecule has 1 aliphatic rings. The van der Waals surface area contributed by atoms with Crippen molar-refractivity contribution in [3.05, 3.63) is 29.8 Å². The lowest BCUT2D eigenvalue weighted by Gasteiger charge is -2.33. The number of benzene rings is 1. The molecule has 0 bridgehead atoms. The van der Waals surface area contributed by atoms with Crippen LogP contribution >= 0.6 is 11.8 Å². The van der Waals surface area contributed by atoms with E-state index in [-0.39, 0.29) is 0 Å². The molecule has 1 atom stereocenters. The summed E-state index contributed by atoms with van der Waals surface area (Å²) in [5, 5.41) is 14.4. The van der Waals surface area contributed by atoms with Crippen molar-refractivity contribution in [3.63, 3.8) is 0 Å². The van der Waals surface area contributed by atoms with E-state index < -0.39 is 5.60 Å². The number of nitrogens with one attached hydrogen (secondary N) is 1. The van der Waals surface area contributed by atoms with Gasteiger partial charge in [0.05, 0.1) is 0 Å². The number of rotatable bonds is 3. The first kappa shape index (κ1) is 12.9. The van der Waals surface area contributed by atoms with Crippen molar-refractivity contribution in [1.82, 2.24) is 5.32 Å². The Bertz CT molecular complexity index is 355. The van der Waals surface area contributed by atoms with Gasteiger partial charge in [-0.25, -0.2) is 0 Å². The highest BCUT2D eigenvalue weighted by Gasteiger charge is 2.30. The average molecular weight is 251 g/mol. The van der Waals surface area contributed by atoms with E-state index in [2.05, 4.69) is 43.4 Å². The van der Waals surface area contributed by atoms with Gasteiger partial charge in [-0.3, -0.25) is 0 Å². The third-order valence-electron chi connectivity index (χ3n) is 3.12. The first-order valence-electron chi connectivity index (χ1n) is 6.30. The predicted molar refractivity (Wildman–Crippen MR) is 73.4 cm³/mol. The molecule has 0 amide bonds. The van der Waals surface area contributed by atoms with Crippen molar-refractivity contribution in [2.24, 2.45) is 0 Å². The van der Waals surface area contributed by atoms with Crippen LogP contribution in [0.5, 0.6) is 0 Å². The van der Waals surface area contributed by atoms with Crippen molar-refractivity contribution in [2.75, 3.05) is 13.1 Å². The summed E-state index contributed by atoms with van der Waals surface area (Å²) in [6, 6.07) is 8.37. The molecule has 2 nitrogen and oxygen atoms in total. The molecule has 1 saturated heterocycles. The topological polar surface area (TPSA) is 32.3 Å². The van der Waals surface area contributed by atoms with Gasteiger partial charge in [0.2, 0.25) is 0 Å². The van der Waals surface area contributed by atoms with E-state index in [0.29, 0.717) is 11.8 Å². The maximum absolute atomic E-state index is 10.5. The van der Waals surface area contributed by atoms with E-state index in [4.69, 9.17) is 0 Å². The third-order valence-corrected chi connectivity index (χ3v) is 4.14. The number of hydrogen-bond donors (Lipinski definition) is 2. The van der Waals surface area contributed by atoms with Gasteiger partial charge in [-0.15, -0.1) is 11.8 Å². The standard InChI is InChI=1S/C14H21NOS/c1-11(2)17-13-6-4-12(5-7-13)14(16)8-3-9-15-10-14/h4-7,11,15-16H,3,8-10H2,1-2H3. The minimum Gasteiger partial charge on any atom is -0.384 e. The van der Waals surface area contributed by atoms with Gasteiger partial charge in [-0.1, -0.05) is 26.0 Å². The molecule has 1 aliphatic heterocycles. The maximum Gasteiger partial charge on any atom is 0.102 e. The Morgan fingerprint density at radius 2 is 2.00 bits per heavy atom. The highest BCUT2D eigenvalue weighted by Crippen LogP contribution is 2.30. The Hall–Kier alpha value is -0.510. The zero-order valence-electron chi connectivity index (χ0n) is 10.6. The maximum atomic E-state index is 10.5. The summed E-state index contributed by atoms with van der Waals surface area (Å²) in [6.45, 7) is 6.07. The van der Waals surface area contributed by atoms with E-state index in [1.807, 2.05) is 11.8 Å². The summed E-state index contributed by atoms with van der Waals surface area (Å²) in [5.74, 6) is 0. The second-order valence-corrected chi connectivity index (χ2v) is 6.65. The van der Waals surface area contributed by atoms with E-state index in [9.17, 15) is 5.11 Å². The Labute approximate surface area is 108 Å². The van der Waals surface area contributed by atoms with Crippen LogP contribution in [0, 0.1) is 0 Å². The van der Waals surface area contributed by atoms with Crippen LogP contribution in [0.25, 0.3) is 0 Å². The largest absolute Gasteiger partial charge is 0.384 e. The molecule has 1 heterocycles. The van der Waals surface area contributed by atoms with Gasteiger partial charge in [-0.2, -0.15) is 0 Å². The van der Waals surface area contributed by atoms with Crippen LogP contribution < -0.4 is 5.32 Å². The minimum atomic E-state index is -0.667. The molecule has 1 aromatic rings. The number of thioether (sulfide) groups is 1. The van der Waals surface area contributed by atoms with Gasteiger partial charge >= 0.3 is 0 Å². The normalized spacial score (nSPS) is 25.2. The molecule has 0 aromatic heterocycles. The van der Waals surface area contributed by atoms with E-state index in [0.717, 1.165) is 24.9 Å². The molecule has 1 fully saturated rings. The molecule has 2 rings (SSSR count). The smallest absolute Gasteiger partial charge is 0.102 e. The van der Waals surface area contributed by atoms with Gasteiger partial charge in [0.25, 0.3) is 0 Å². The van der Waals surface area contributed by atoms with Crippen molar-refractivity contribution in [2.45, 2.75) is 42.4 Å². The molecule has 0 saturated carbocycles. The van der Waals surface area contributed by atoms with E-state index >= 15 is 0 Å². The first-order chi connectivity index (χ1) is 8.10. The summed E-state index contributed by atoms with van der Waals surface area (Å²) in [5.41, 5.74) is 0.372.